The van der Waals surface area contributed by atoms with Crippen molar-refractivity contribution in [3.8, 4) is 0 Å². The Kier molecular flexibility index (Phi) is 4.65. The van der Waals surface area contributed by atoms with Crippen molar-refractivity contribution >= 4 is 34.6 Å². The Morgan fingerprint density at radius 3 is 2.91 bits per heavy atom. The Hall–Kier alpha value is -2.30. The number of isocyanates is 1. The molecule has 1 aliphatic heterocycles. The van der Waals surface area contributed by atoms with E-state index in [9.17, 15) is 9.59 Å². The van der Waals surface area contributed by atoms with Crippen LogP contribution < -0.4 is 5.32 Å². The minimum Gasteiger partial charge on any atom is -0.358 e. The van der Waals surface area contributed by atoms with Gasteiger partial charge in [0.25, 0.3) is 0 Å². The summed E-state index contributed by atoms with van der Waals surface area (Å²) in [4.78, 5) is 30.4. The van der Waals surface area contributed by atoms with E-state index in [0.29, 0.717) is 19.0 Å². The zero-order chi connectivity index (χ0) is 16.2. The molecule has 1 saturated heterocycles. The van der Waals surface area contributed by atoms with Crippen LogP contribution in [0.5, 0.6) is 0 Å². The van der Waals surface area contributed by atoms with Gasteiger partial charge in [-0.15, -0.1) is 0 Å². The molecule has 1 aromatic heterocycles. The number of urea groups is 1. The lowest BCUT2D eigenvalue weighted by Gasteiger charge is -2.31. The van der Waals surface area contributed by atoms with Gasteiger partial charge in [0, 0.05) is 40.6 Å². The third-order valence-electron chi connectivity index (χ3n) is 4.20. The van der Waals surface area contributed by atoms with E-state index in [2.05, 4.69) is 21.4 Å². The van der Waals surface area contributed by atoms with Crippen molar-refractivity contribution in [3.05, 3.63) is 35.0 Å². The fourth-order valence-electron chi connectivity index (χ4n) is 2.99. The number of fused-ring (bicyclic) bond motifs is 1. The Morgan fingerprint density at radius 1 is 1.39 bits per heavy atom. The molecule has 1 aliphatic rings. The third-order valence-corrected chi connectivity index (χ3v) is 4.43. The molecule has 7 heteroatoms. The molecule has 0 radical (unpaired) electrons. The van der Waals surface area contributed by atoms with Crippen LogP contribution in [0, 0.1) is 0 Å². The Labute approximate surface area is 138 Å². The number of rotatable bonds is 3. The van der Waals surface area contributed by atoms with Crippen LogP contribution in [0.25, 0.3) is 10.9 Å². The number of hydrogen-bond donors (Lipinski definition) is 2. The molecular formula is C16H17ClN4O2. The third kappa shape index (κ3) is 3.55. The molecule has 0 aliphatic carbocycles. The number of aromatic amines is 1. The number of aromatic nitrogens is 1. The van der Waals surface area contributed by atoms with Gasteiger partial charge >= 0.3 is 6.03 Å². The van der Waals surface area contributed by atoms with Gasteiger partial charge < -0.3 is 15.2 Å². The van der Waals surface area contributed by atoms with Gasteiger partial charge in [0.1, 0.15) is 6.67 Å². The van der Waals surface area contributed by atoms with Gasteiger partial charge in [-0.05, 0) is 37.1 Å². The maximum Gasteiger partial charge on any atom is 0.318 e. The van der Waals surface area contributed by atoms with Gasteiger partial charge in [-0.1, -0.05) is 11.6 Å². The summed E-state index contributed by atoms with van der Waals surface area (Å²) in [6.07, 6.45) is 3.19. The molecular weight excluding hydrogens is 316 g/mol. The summed E-state index contributed by atoms with van der Waals surface area (Å²) in [6, 6.07) is 7.76. The first-order chi connectivity index (χ1) is 11.2. The first kappa shape index (κ1) is 15.6. The standard InChI is InChI=1S/C16H17ClN4O2/c17-13-1-2-14-12(7-13)8-15(20-14)11-3-5-21(6-4-11)16(23)19-9-18-10-22/h1-2,7-8,11,20H,3-6,9H2,(H,19,23). The van der Waals surface area contributed by atoms with Crippen LogP contribution in [0.15, 0.2) is 29.3 Å². The maximum atomic E-state index is 11.9. The van der Waals surface area contributed by atoms with Crippen molar-refractivity contribution in [3.63, 3.8) is 0 Å². The van der Waals surface area contributed by atoms with Crippen LogP contribution in [0.4, 0.5) is 4.79 Å². The molecule has 1 fully saturated rings. The zero-order valence-electron chi connectivity index (χ0n) is 12.5. The first-order valence-electron chi connectivity index (χ1n) is 7.52. The zero-order valence-corrected chi connectivity index (χ0v) is 13.3. The van der Waals surface area contributed by atoms with Gasteiger partial charge in [-0.2, -0.15) is 4.99 Å². The fraction of sp³-hybridized carbons (Fsp3) is 0.375. The van der Waals surface area contributed by atoms with Crippen LogP contribution in [0.3, 0.4) is 0 Å². The summed E-state index contributed by atoms with van der Waals surface area (Å²) < 4.78 is 0. The SMILES string of the molecule is O=C=NCNC(=O)N1CCC(c2cc3cc(Cl)ccc3[nH]2)CC1. The van der Waals surface area contributed by atoms with E-state index < -0.39 is 0 Å². The monoisotopic (exact) mass is 332 g/mol. The number of carbonyl (C=O) groups is 1. The molecule has 0 unspecified atom stereocenters. The number of carbonyl (C=O) groups excluding carboxylic acids is 2. The van der Waals surface area contributed by atoms with E-state index in [-0.39, 0.29) is 12.7 Å². The summed E-state index contributed by atoms with van der Waals surface area (Å²) in [5, 5.41) is 4.41. The number of H-pyrrole nitrogens is 1. The summed E-state index contributed by atoms with van der Waals surface area (Å²) in [6.45, 7) is 1.33. The summed E-state index contributed by atoms with van der Waals surface area (Å²) in [7, 11) is 0. The molecule has 3 rings (SSSR count). The number of likely N-dealkylation sites (tertiary alicyclic amines) is 1. The highest BCUT2D eigenvalue weighted by Crippen LogP contribution is 2.30. The van der Waals surface area contributed by atoms with Crippen molar-refractivity contribution in [1.29, 1.82) is 0 Å². The van der Waals surface area contributed by atoms with Crippen LogP contribution in [0.2, 0.25) is 5.02 Å². The Morgan fingerprint density at radius 2 is 2.17 bits per heavy atom. The summed E-state index contributed by atoms with van der Waals surface area (Å²) in [5.74, 6) is 0.401. The topological polar surface area (TPSA) is 77.6 Å². The number of aliphatic imine (C=N–C) groups is 1. The molecule has 0 atom stereocenters. The lowest BCUT2D eigenvalue weighted by Crippen LogP contribution is -2.44. The second kappa shape index (κ2) is 6.86. The smallest absolute Gasteiger partial charge is 0.318 e. The van der Waals surface area contributed by atoms with Gasteiger partial charge in [0.05, 0.1) is 0 Å². The minimum absolute atomic E-state index is 0.0228. The van der Waals surface area contributed by atoms with Crippen molar-refractivity contribution < 1.29 is 9.59 Å². The second-order valence-electron chi connectivity index (χ2n) is 5.61. The minimum atomic E-state index is -0.189. The molecule has 1 aromatic carbocycles. The highest BCUT2D eigenvalue weighted by atomic mass is 35.5. The molecule has 23 heavy (non-hydrogen) atoms. The van der Waals surface area contributed by atoms with E-state index in [1.807, 2.05) is 18.2 Å². The number of halogens is 1. The number of amides is 2. The van der Waals surface area contributed by atoms with Crippen molar-refractivity contribution in [2.45, 2.75) is 18.8 Å². The van der Waals surface area contributed by atoms with E-state index in [1.54, 1.807) is 4.90 Å². The van der Waals surface area contributed by atoms with E-state index in [0.717, 1.165) is 28.8 Å². The molecule has 2 amide bonds. The second-order valence-corrected chi connectivity index (χ2v) is 6.04. The lowest BCUT2D eigenvalue weighted by molar-refractivity contribution is 0.181. The highest BCUT2D eigenvalue weighted by Gasteiger charge is 2.24. The number of nitrogens with one attached hydrogen (secondary N) is 2. The van der Waals surface area contributed by atoms with E-state index >= 15 is 0 Å². The van der Waals surface area contributed by atoms with Crippen LogP contribution in [-0.2, 0) is 4.79 Å². The Bertz CT molecular complexity index is 759. The average Bonchev–Trinajstić information content (AvgIpc) is 2.98. The fourth-order valence-corrected chi connectivity index (χ4v) is 3.17. The lowest BCUT2D eigenvalue weighted by atomic mass is 9.94. The highest BCUT2D eigenvalue weighted by molar-refractivity contribution is 6.31. The predicted octanol–water partition coefficient (Wildman–Crippen LogP) is 3.00. The summed E-state index contributed by atoms with van der Waals surface area (Å²) in [5.41, 5.74) is 2.27. The number of benzene rings is 1. The maximum absolute atomic E-state index is 11.9. The summed E-state index contributed by atoms with van der Waals surface area (Å²) >= 11 is 6.02. The van der Waals surface area contributed by atoms with Crippen molar-refractivity contribution in [2.24, 2.45) is 4.99 Å². The predicted molar refractivity (Wildman–Crippen MR) is 88.4 cm³/mol. The van der Waals surface area contributed by atoms with E-state index in [1.165, 1.54) is 11.8 Å². The quantitative estimate of drug-likeness (QED) is 0.669. The number of nitrogens with zero attached hydrogens (tertiary/aromatic N) is 2. The van der Waals surface area contributed by atoms with Gasteiger partial charge in [-0.25, -0.2) is 9.59 Å². The van der Waals surface area contributed by atoms with Gasteiger partial charge in [0.15, 0.2) is 0 Å². The van der Waals surface area contributed by atoms with Gasteiger partial charge in [0.2, 0.25) is 6.08 Å². The molecule has 0 saturated carbocycles. The van der Waals surface area contributed by atoms with Crippen molar-refractivity contribution in [1.82, 2.24) is 15.2 Å². The average molecular weight is 333 g/mol. The molecule has 2 heterocycles. The molecule has 0 spiro atoms. The van der Waals surface area contributed by atoms with Crippen LogP contribution in [-0.4, -0.2) is 41.8 Å². The normalized spacial score (nSPS) is 15.4. The van der Waals surface area contributed by atoms with Gasteiger partial charge in [-0.3, -0.25) is 0 Å². The Balaban J connectivity index is 1.61. The number of piperidine rings is 1. The van der Waals surface area contributed by atoms with Crippen LogP contribution >= 0.6 is 11.6 Å². The molecule has 0 bridgehead atoms. The molecule has 6 nitrogen and oxygen atoms in total. The molecule has 2 N–H and O–H groups in total. The van der Waals surface area contributed by atoms with Crippen LogP contribution in [0.1, 0.15) is 24.5 Å². The molecule has 120 valence electrons. The first-order valence-corrected chi connectivity index (χ1v) is 7.90. The largest absolute Gasteiger partial charge is 0.358 e. The number of hydrogen-bond acceptors (Lipinski definition) is 3. The van der Waals surface area contributed by atoms with Crippen molar-refractivity contribution in [2.75, 3.05) is 19.8 Å². The molecule has 2 aromatic rings. The van der Waals surface area contributed by atoms with E-state index in [4.69, 9.17) is 11.6 Å².